The Kier molecular flexibility index (Phi) is 7.70. The lowest BCUT2D eigenvalue weighted by molar-refractivity contribution is -0.131. The Balaban J connectivity index is 1.86. The van der Waals surface area contributed by atoms with Crippen LogP contribution in [0.1, 0.15) is 33.1 Å². The fourth-order valence-electron chi connectivity index (χ4n) is 2.93. The predicted octanol–water partition coefficient (Wildman–Crippen LogP) is 0.310. The molecule has 156 valence electrons. The summed E-state index contributed by atoms with van der Waals surface area (Å²) in [7, 11) is 0. The number of H-pyrrole nitrogens is 2. The third-order valence-corrected chi connectivity index (χ3v) is 4.46. The van der Waals surface area contributed by atoms with Crippen molar-refractivity contribution in [3.63, 3.8) is 0 Å². The van der Waals surface area contributed by atoms with Crippen molar-refractivity contribution in [2.75, 3.05) is 25.0 Å². The summed E-state index contributed by atoms with van der Waals surface area (Å²) in [5.74, 6) is -0.888. The van der Waals surface area contributed by atoms with Crippen molar-refractivity contribution in [3.8, 4) is 0 Å². The molecule has 29 heavy (non-hydrogen) atoms. The first kappa shape index (κ1) is 21.9. The summed E-state index contributed by atoms with van der Waals surface area (Å²) in [6.07, 6.45) is 0.794. The molecule has 0 fully saturated rings. The molecule has 1 aromatic carbocycles. The molecule has 0 radical (unpaired) electrons. The smallest absolute Gasteiger partial charge is 0.272 e. The second-order valence-corrected chi connectivity index (χ2v) is 6.38. The van der Waals surface area contributed by atoms with Gasteiger partial charge in [0.2, 0.25) is 17.7 Å². The highest BCUT2D eigenvalue weighted by molar-refractivity contribution is 6.02. The van der Waals surface area contributed by atoms with Gasteiger partial charge in [-0.05, 0) is 32.4 Å². The van der Waals surface area contributed by atoms with Crippen molar-refractivity contribution in [3.05, 3.63) is 38.9 Å². The van der Waals surface area contributed by atoms with E-state index in [4.69, 9.17) is 0 Å². The van der Waals surface area contributed by atoms with Crippen LogP contribution in [0.2, 0.25) is 0 Å². The van der Waals surface area contributed by atoms with Gasteiger partial charge >= 0.3 is 0 Å². The van der Waals surface area contributed by atoms with Crippen molar-refractivity contribution in [1.29, 1.82) is 0 Å². The van der Waals surface area contributed by atoms with E-state index < -0.39 is 17.0 Å². The Morgan fingerprint density at radius 1 is 0.966 bits per heavy atom. The summed E-state index contributed by atoms with van der Waals surface area (Å²) in [6, 6.07) is 4.51. The summed E-state index contributed by atoms with van der Waals surface area (Å²) in [5, 5.41) is 9.64. The van der Waals surface area contributed by atoms with Gasteiger partial charge in [0, 0.05) is 25.9 Å². The van der Waals surface area contributed by atoms with E-state index in [1.165, 1.54) is 18.2 Å². The highest BCUT2D eigenvalue weighted by Gasteiger charge is 2.13. The molecule has 0 aliphatic heterocycles. The second kappa shape index (κ2) is 10.2. The highest BCUT2D eigenvalue weighted by atomic mass is 16.2. The molecule has 0 aliphatic carbocycles. The molecule has 4 N–H and O–H groups in total. The first-order chi connectivity index (χ1) is 13.9. The molecular weight excluding hydrogens is 378 g/mol. The lowest BCUT2D eigenvalue weighted by atomic mass is 10.1. The molecular formula is C19H25N5O5. The largest absolute Gasteiger partial charge is 0.347 e. The molecule has 0 spiro atoms. The number of anilines is 1. The van der Waals surface area contributed by atoms with Crippen LogP contribution in [0.4, 0.5) is 5.69 Å². The number of fused-ring (bicyclic) bond motifs is 1. The zero-order chi connectivity index (χ0) is 21.4. The normalized spacial score (nSPS) is 10.6. The Morgan fingerprint density at radius 2 is 1.66 bits per heavy atom. The molecule has 0 unspecified atom stereocenters. The topological polar surface area (TPSA) is 144 Å². The van der Waals surface area contributed by atoms with E-state index in [1.54, 1.807) is 4.90 Å². The molecule has 3 amide bonds. The van der Waals surface area contributed by atoms with Crippen LogP contribution >= 0.6 is 0 Å². The van der Waals surface area contributed by atoms with Crippen LogP contribution in [0.3, 0.4) is 0 Å². The van der Waals surface area contributed by atoms with Crippen molar-refractivity contribution in [2.24, 2.45) is 0 Å². The number of hydrogen-bond acceptors (Lipinski definition) is 5. The lowest BCUT2D eigenvalue weighted by Crippen LogP contribution is -2.33. The fourth-order valence-corrected chi connectivity index (χ4v) is 2.93. The van der Waals surface area contributed by atoms with E-state index in [0.717, 1.165) is 0 Å². The standard InChI is InChI=1S/C19H25N5O5/c1-3-24(4-2)16(27)10-6-9-14(25)20-11-15(26)21-13-8-5-7-12-17(13)19(29)23-22-18(12)28/h5,7-8H,3-4,6,9-11H2,1-2H3,(H,20,25)(H,21,26)(H,22,28)(H,23,29). The van der Waals surface area contributed by atoms with E-state index in [9.17, 15) is 24.0 Å². The zero-order valence-electron chi connectivity index (χ0n) is 16.5. The van der Waals surface area contributed by atoms with Crippen LogP contribution in [0, 0.1) is 0 Å². The van der Waals surface area contributed by atoms with Crippen LogP contribution in [-0.4, -0.2) is 52.5 Å². The van der Waals surface area contributed by atoms with Gasteiger partial charge < -0.3 is 15.5 Å². The molecule has 0 saturated heterocycles. The Hall–Kier alpha value is -3.43. The Bertz CT molecular complexity index is 1010. The number of carbonyl (C=O) groups is 3. The number of carbonyl (C=O) groups excluding carboxylic acids is 3. The number of nitrogens with one attached hydrogen (secondary N) is 4. The van der Waals surface area contributed by atoms with Crippen LogP contribution in [0.5, 0.6) is 0 Å². The highest BCUT2D eigenvalue weighted by Crippen LogP contribution is 2.16. The van der Waals surface area contributed by atoms with Gasteiger partial charge in [-0.2, -0.15) is 0 Å². The molecule has 0 atom stereocenters. The van der Waals surface area contributed by atoms with Crippen molar-refractivity contribution in [2.45, 2.75) is 33.1 Å². The summed E-state index contributed by atoms with van der Waals surface area (Å²) in [6.45, 7) is 4.76. The molecule has 10 nitrogen and oxygen atoms in total. The maximum atomic E-state index is 12.1. The quantitative estimate of drug-likeness (QED) is 0.476. The maximum Gasteiger partial charge on any atom is 0.272 e. The molecule has 0 bridgehead atoms. The Labute approximate surface area is 166 Å². The monoisotopic (exact) mass is 403 g/mol. The second-order valence-electron chi connectivity index (χ2n) is 6.38. The average molecular weight is 403 g/mol. The fraction of sp³-hybridized carbons (Fsp3) is 0.421. The van der Waals surface area contributed by atoms with Gasteiger partial charge in [0.05, 0.1) is 23.0 Å². The van der Waals surface area contributed by atoms with Gasteiger partial charge in [0.1, 0.15) is 0 Å². The lowest BCUT2D eigenvalue weighted by Gasteiger charge is -2.18. The van der Waals surface area contributed by atoms with Crippen LogP contribution in [0.15, 0.2) is 27.8 Å². The molecule has 2 rings (SSSR count). The number of aromatic amines is 2. The third-order valence-electron chi connectivity index (χ3n) is 4.46. The van der Waals surface area contributed by atoms with Crippen LogP contribution < -0.4 is 21.8 Å². The van der Waals surface area contributed by atoms with Crippen molar-refractivity contribution < 1.29 is 14.4 Å². The minimum atomic E-state index is -0.544. The van der Waals surface area contributed by atoms with Gasteiger partial charge in [-0.15, -0.1) is 0 Å². The summed E-state index contributed by atoms with van der Waals surface area (Å²) < 4.78 is 0. The first-order valence-corrected chi connectivity index (χ1v) is 9.45. The number of benzene rings is 1. The summed E-state index contributed by atoms with van der Waals surface area (Å²) >= 11 is 0. The zero-order valence-corrected chi connectivity index (χ0v) is 16.5. The minimum Gasteiger partial charge on any atom is -0.347 e. The van der Waals surface area contributed by atoms with Crippen LogP contribution in [0.25, 0.3) is 10.8 Å². The molecule has 2 aromatic rings. The van der Waals surface area contributed by atoms with E-state index in [0.29, 0.717) is 19.5 Å². The van der Waals surface area contributed by atoms with E-state index in [-0.39, 0.29) is 47.7 Å². The molecule has 10 heteroatoms. The molecule has 1 aromatic heterocycles. The maximum absolute atomic E-state index is 12.1. The number of aromatic nitrogens is 2. The van der Waals surface area contributed by atoms with E-state index in [1.807, 2.05) is 13.8 Å². The van der Waals surface area contributed by atoms with Gasteiger partial charge in [0.15, 0.2) is 0 Å². The number of hydrogen-bond donors (Lipinski definition) is 4. The third kappa shape index (κ3) is 5.77. The minimum absolute atomic E-state index is 0.00305. The summed E-state index contributed by atoms with van der Waals surface area (Å²) in [4.78, 5) is 61.4. The molecule has 0 saturated carbocycles. The van der Waals surface area contributed by atoms with Crippen molar-refractivity contribution in [1.82, 2.24) is 20.4 Å². The average Bonchev–Trinajstić information content (AvgIpc) is 2.70. The predicted molar refractivity (Wildman–Crippen MR) is 109 cm³/mol. The van der Waals surface area contributed by atoms with Crippen molar-refractivity contribution >= 4 is 34.2 Å². The number of rotatable bonds is 9. The first-order valence-electron chi connectivity index (χ1n) is 9.45. The Morgan fingerprint density at radius 3 is 2.34 bits per heavy atom. The van der Waals surface area contributed by atoms with Crippen LogP contribution in [-0.2, 0) is 14.4 Å². The molecule has 0 aliphatic rings. The summed E-state index contributed by atoms with van der Waals surface area (Å²) in [5.41, 5.74) is -0.848. The SMILES string of the molecule is CCN(CC)C(=O)CCCC(=O)NCC(=O)Nc1cccc2c(=O)[nH][nH]c(=O)c12. The van der Waals surface area contributed by atoms with Gasteiger partial charge in [0.25, 0.3) is 11.1 Å². The van der Waals surface area contributed by atoms with E-state index >= 15 is 0 Å². The van der Waals surface area contributed by atoms with E-state index in [2.05, 4.69) is 20.8 Å². The van der Waals surface area contributed by atoms with Gasteiger partial charge in [-0.3, -0.25) is 34.2 Å². The van der Waals surface area contributed by atoms with Gasteiger partial charge in [-0.25, -0.2) is 0 Å². The number of nitrogens with zero attached hydrogens (tertiary/aromatic N) is 1. The molecule has 1 heterocycles. The number of amides is 3. The van der Waals surface area contributed by atoms with Gasteiger partial charge in [-0.1, -0.05) is 6.07 Å².